The molecule has 8 nitrogen and oxygen atoms in total. The first-order valence-corrected chi connectivity index (χ1v) is 11.8. The number of nitrogens with zero attached hydrogens (tertiary/aromatic N) is 4. The van der Waals surface area contributed by atoms with Gasteiger partial charge in [-0.25, -0.2) is 27.2 Å². The molecule has 1 aliphatic carbocycles. The van der Waals surface area contributed by atoms with Crippen molar-refractivity contribution in [1.29, 1.82) is 0 Å². The van der Waals surface area contributed by atoms with Gasteiger partial charge in [-0.1, -0.05) is 13.8 Å². The Balaban J connectivity index is 1.66. The van der Waals surface area contributed by atoms with Gasteiger partial charge in [-0.15, -0.1) is 0 Å². The third-order valence-electron chi connectivity index (χ3n) is 5.98. The monoisotopic (exact) mass is 477 g/mol. The Hall–Kier alpha value is -3.08. The lowest BCUT2D eigenvalue weighted by Gasteiger charge is -2.33. The van der Waals surface area contributed by atoms with Crippen molar-refractivity contribution in [2.45, 2.75) is 50.0 Å². The molecular weight excluding hydrogens is 452 g/mol. The predicted octanol–water partition coefficient (Wildman–Crippen LogP) is 4.03. The maximum Gasteiger partial charge on any atom is 0.266 e. The second-order valence-corrected chi connectivity index (χ2v) is 11.0. The van der Waals surface area contributed by atoms with Gasteiger partial charge >= 0.3 is 0 Å². The van der Waals surface area contributed by atoms with Gasteiger partial charge < -0.3 is 4.74 Å². The van der Waals surface area contributed by atoms with Crippen molar-refractivity contribution >= 4 is 15.8 Å². The zero-order chi connectivity index (χ0) is 24.0. The van der Waals surface area contributed by atoms with Crippen molar-refractivity contribution in [3.63, 3.8) is 0 Å². The van der Waals surface area contributed by atoms with Gasteiger partial charge in [0.05, 0.1) is 0 Å². The van der Waals surface area contributed by atoms with Crippen LogP contribution < -0.4 is 9.46 Å². The molecule has 0 amide bonds. The van der Waals surface area contributed by atoms with Crippen molar-refractivity contribution in [2.75, 3.05) is 4.72 Å². The smallest absolute Gasteiger partial charge is 0.266 e. The molecule has 176 valence electrons. The zero-order valence-corrected chi connectivity index (χ0v) is 19.5. The Morgan fingerprint density at radius 3 is 2.55 bits per heavy atom. The number of ether oxygens (including phenoxy) is 1. The summed E-state index contributed by atoms with van der Waals surface area (Å²) in [6.45, 7) is 6.05. The molecule has 0 spiro atoms. The summed E-state index contributed by atoms with van der Waals surface area (Å²) < 4.78 is 65.1. The van der Waals surface area contributed by atoms with E-state index in [1.54, 1.807) is 10.9 Å². The van der Waals surface area contributed by atoms with Crippen molar-refractivity contribution in [3.8, 4) is 5.75 Å². The largest absolute Gasteiger partial charge is 0.484 e. The number of rotatable bonds is 6. The third-order valence-corrected chi connectivity index (χ3v) is 7.35. The second kappa shape index (κ2) is 8.05. The van der Waals surface area contributed by atoms with Crippen LogP contribution in [0.25, 0.3) is 0 Å². The van der Waals surface area contributed by atoms with Crippen LogP contribution in [0.4, 0.5) is 14.6 Å². The maximum absolute atomic E-state index is 15.0. The van der Waals surface area contributed by atoms with Crippen molar-refractivity contribution < 1.29 is 21.9 Å². The molecule has 1 N–H and O–H groups in total. The van der Waals surface area contributed by atoms with Gasteiger partial charge in [0.2, 0.25) is 0 Å². The zero-order valence-electron chi connectivity index (χ0n) is 18.7. The molecule has 11 heteroatoms. The van der Waals surface area contributed by atoms with E-state index in [1.165, 1.54) is 12.3 Å². The molecule has 1 aromatic carbocycles. The van der Waals surface area contributed by atoms with Gasteiger partial charge in [0.15, 0.2) is 11.6 Å². The lowest BCUT2D eigenvalue weighted by molar-refractivity contribution is 0.0620. The van der Waals surface area contributed by atoms with E-state index < -0.39 is 32.2 Å². The topological polar surface area (TPSA) is 99.0 Å². The molecule has 2 atom stereocenters. The van der Waals surface area contributed by atoms with E-state index in [0.717, 1.165) is 24.5 Å². The van der Waals surface area contributed by atoms with Crippen LogP contribution in [0, 0.1) is 17.0 Å². The van der Waals surface area contributed by atoms with Crippen LogP contribution >= 0.6 is 0 Å². The van der Waals surface area contributed by atoms with E-state index in [1.807, 2.05) is 20.0 Å². The highest BCUT2D eigenvalue weighted by Gasteiger charge is 2.51. The van der Waals surface area contributed by atoms with Gasteiger partial charge in [-0.05, 0) is 37.3 Å². The molecule has 1 fully saturated rings. The van der Waals surface area contributed by atoms with Gasteiger partial charge in [0.25, 0.3) is 10.0 Å². The van der Waals surface area contributed by atoms with Gasteiger partial charge in [-0.3, -0.25) is 9.40 Å². The molecule has 1 aliphatic rings. The fourth-order valence-electron chi connectivity index (χ4n) is 4.75. The molecule has 3 aromatic rings. The molecule has 33 heavy (non-hydrogen) atoms. The fourth-order valence-corrected chi connectivity index (χ4v) is 5.83. The van der Waals surface area contributed by atoms with Gasteiger partial charge in [0, 0.05) is 43.2 Å². The number of hydrogen-bond donors (Lipinski definition) is 1. The second-order valence-electron chi connectivity index (χ2n) is 9.31. The molecule has 0 unspecified atom stereocenters. The molecule has 0 aliphatic heterocycles. The Kier molecular flexibility index (Phi) is 5.63. The standard InChI is InChI=1S/C22H25F2N5O3S/c1-21(2)11-14(17-5-8-27-29(17)4)22(3,12-21)32-18-9-16(24)19(10-15(18)23)33(30,31)28-20-6-7-25-13-26-20/h5-10,13-14H,11-12H2,1-4H3,(H,25,26,28)/t14-,22-/m1/s1. The van der Waals surface area contributed by atoms with E-state index in [0.29, 0.717) is 12.5 Å². The van der Waals surface area contributed by atoms with Crippen LogP contribution in [0.1, 0.15) is 45.2 Å². The minimum atomic E-state index is -4.42. The minimum Gasteiger partial charge on any atom is -0.484 e. The summed E-state index contributed by atoms with van der Waals surface area (Å²) in [4.78, 5) is 6.58. The summed E-state index contributed by atoms with van der Waals surface area (Å²) in [7, 11) is -2.59. The first kappa shape index (κ1) is 23.1. The van der Waals surface area contributed by atoms with E-state index >= 15 is 4.39 Å². The Bertz CT molecular complexity index is 1280. The van der Waals surface area contributed by atoms with Crippen molar-refractivity contribution in [3.05, 3.63) is 60.3 Å². The van der Waals surface area contributed by atoms with Crippen LogP contribution in [0.5, 0.6) is 5.75 Å². The van der Waals surface area contributed by atoms with Crippen LogP contribution in [-0.4, -0.2) is 33.8 Å². The highest BCUT2D eigenvalue weighted by atomic mass is 32.2. The van der Waals surface area contributed by atoms with Crippen molar-refractivity contribution in [1.82, 2.24) is 19.7 Å². The lowest BCUT2D eigenvalue weighted by Crippen LogP contribution is -2.37. The summed E-state index contributed by atoms with van der Waals surface area (Å²) in [6.07, 6.45) is 5.50. The minimum absolute atomic E-state index is 0.0650. The summed E-state index contributed by atoms with van der Waals surface area (Å²) in [6, 6.07) is 4.58. The summed E-state index contributed by atoms with van der Waals surface area (Å²) in [5.41, 5.74) is -0.0367. The Morgan fingerprint density at radius 2 is 1.91 bits per heavy atom. The number of sulfonamides is 1. The van der Waals surface area contributed by atoms with Crippen LogP contribution in [0.15, 0.2) is 47.9 Å². The predicted molar refractivity (Wildman–Crippen MR) is 117 cm³/mol. The number of aromatic nitrogens is 4. The highest BCUT2D eigenvalue weighted by molar-refractivity contribution is 7.92. The molecule has 1 saturated carbocycles. The highest BCUT2D eigenvalue weighted by Crippen LogP contribution is 2.54. The van der Waals surface area contributed by atoms with Gasteiger partial charge in [0.1, 0.15) is 28.5 Å². The molecular formula is C22H25F2N5O3S. The normalized spacial score (nSPS) is 22.3. The molecule has 0 saturated heterocycles. The Labute approximate surface area is 191 Å². The number of aryl methyl sites for hydroxylation is 1. The number of benzene rings is 1. The number of hydrogen-bond acceptors (Lipinski definition) is 6. The molecule has 4 rings (SSSR count). The average Bonchev–Trinajstić information content (AvgIpc) is 3.23. The SMILES string of the molecule is Cn1nccc1[C@H]1CC(C)(C)C[C@@]1(C)Oc1cc(F)c(S(=O)(=O)Nc2ccncn2)cc1F. The lowest BCUT2D eigenvalue weighted by atomic mass is 9.89. The fraction of sp³-hybridized carbons (Fsp3) is 0.409. The average molecular weight is 478 g/mol. The van der Waals surface area contributed by atoms with E-state index in [4.69, 9.17) is 4.74 Å². The van der Waals surface area contributed by atoms with Crippen LogP contribution in [-0.2, 0) is 17.1 Å². The number of halogens is 2. The van der Waals surface area contributed by atoms with E-state index in [-0.39, 0.29) is 22.9 Å². The summed E-state index contributed by atoms with van der Waals surface area (Å²) >= 11 is 0. The maximum atomic E-state index is 15.0. The first-order chi connectivity index (χ1) is 15.4. The molecule has 2 heterocycles. The number of anilines is 1. The molecule has 0 bridgehead atoms. The molecule has 0 radical (unpaired) electrons. The van der Waals surface area contributed by atoms with Crippen molar-refractivity contribution in [2.24, 2.45) is 12.5 Å². The van der Waals surface area contributed by atoms with Crippen LogP contribution in [0.3, 0.4) is 0 Å². The summed E-state index contributed by atoms with van der Waals surface area (Å²) in [5.74, 6) is -2.64. The third kappa shape index (κ3) is 4.54. The number of nitrogens with one attached hydrogen (secondary N) is 1. The van der Waals surface area contributed by atoms with E-state index in [2.05, 4.69) is 33.6 Å². The summed E-state index contributed by atoms with van der Waals surface area (Å²) in [5, 5.41) is 4.23. The Morgan fingerprint density at radius 1 is 1.15 bits per heavy atom. The van der Waals surface area contributed by atoms with E-state index in [9.17, 15) is 12.8 Å². The quantitative estimate of drug-likeness (QED) is 0.576. The first-order valence-electron chi connectivity index (χ1n) is 10.3. The molecule has 2 aromatic heterocycles. The van der Waals surface area contributed by atoms with Gasteiger partial charge in [-0.2, -0.15) is 5.10 Å². The van der Waals surface area contributed by atoms with Crippen LogP contribution in [0.2, 0.25) is 0 Å².